The van der Waals surface area contributed by atoms with Crippen LogP contribution in [0.1, 0.15) is 44.0 Å². The van der Waals surface area contributed by atoms with Crippen molar-refractivity contribution in [2.45, 2.75) is 38.3 Å². The molecule has 0 amide bonds. The first-order valence-electron chi connectivity index (χ1n) is 9.01. The largest absolute Gasteiger partial charge is 0.491 e. The fourth-order valence-corrected chi connectivity index (χ4v) is 3.23. The van der Waals surface area contributed by atoms with Crippen LogP contribution < -0.4 is 4.74 Å². The molecular weight excluding hydrogens is 330 g/mol. The van der Waals surface area contributed by atoms with Gasteiger partial charge in [0, 0.05) is 19.1 Å². The molecule has 2 heterocycles. The van der Waals surface area contributed by atoms with Crippen molar-refractivity contribution in [3.05, 3.63) is 41.7 Å². The lowest BCUT2D eigenvalue weighted by atomic mass is 9.90. The van der Waals surface area contributed by atoms with Gasteiger partial charge in [-0.3, -0.25) is 4.90 Å². The smallest absolute Gasteiger partial charge is 0.137 e. The van der Waals surface area contributed by atoms with Gasteiger partial charge in [-0.15, -0.1) is 5.10 Å². The molecule has 1 saturated heterocycles. The van der Waals surface area contributed by atoms with Gasteiger partial charge in [0.1, 0.15) is 29.7 Å². The second-order valence-electron chi connectivity index (χ2n) is 7.05. The third-order valence-corrected chi connectivity index (χ3v) is 4.74. The number of nitrogens with zero attached hydrogens (tertiary/aromatic N) is 5. The van der Waals surface area contributed by atoms with Crippen LogP contribution >= 0.6 is 0 Å². The van der Waals surface area contributed by atoms with E-state index in [-0.39, 0.29) is 6.04 Å². The zero-order valence-electron chi connectivity index (χ0n) is 15.3. The molecule has 26 heavy (non-hydrogen) atoms. The second kappa shape index (κ2) is 7.85. The molecule has 1 N–H and O–H groups in total. The van der Waals surface area contributed by atoms with Crippen molar-refractivity contribution in [1.82, 2.24) is 19.9 Å². The SMILES string of the molecule is CC(C)n1cc([C@@]2(O)CCCN(CCOc3ccccc3C#N)C2)nn1. The van der Waals surface area contributed by atoms with Gasteiger partial charge in [0.15, 0.2) is 0 Å². The van der Waals surface area contributed by atoms with Crippen LogP contribution in [0.3, 0.4) is 0 Å². The van der Waals surface area contributed by atoms with Crippen molar-refractivity contribution in [1.29, 1.82) is 5.26 Å². The van der Waals surface area contributed by atoms with E-state index in [1.54, 1.807) is 16.8 Å². The summed E-state index contributed by atoms with van der Waals surface area (Å²) < 4.78 is 7.53. The minimum Gasteiger partial charge on any atom is -0.491 e. The monoisotopic (exact) mass is 355 g/mol. The highest BCUT2D eigenvalue weighted by atomic mass is 16.5. The highest BCUT2D eigenvalue weighted by Crippen LogP contribution is 2.30. The van der Waals surface area contributed by atoms with Crippen LogP contribution in [0.25, 0.3) is 0 Å². The van der Waals surface area contributed by atoms with E-state index in [0.29, 0.717) is 43.1 Å². The van der Waals surface area contributed by atoms with Gasteiger partial charge in [-0.05, 0) is 45.4 Å². The Labute approximate surface area is 153 Å². The summed E-state index contributed by atoms with van der Waals surface area (Å²) in [6, 6.07) is 9.57. The van der Waals surface area contributed by atoms with E-state index in [2.05, 4.69) is 21.3 Å². The van der Waals surface area contributed by atoms with Gasteiger partial charge in [-0.25, -0.2) is 4.68 Å². The van der Waals surface area contributed by atoms with Crippen molar-refractivity contribution in [2.75, 3.05) is 26.2 Å². The molecule has 0 radical (unpaired) electrons. The van der Waals surface area contributed by atoms with Crippen molar-refractivity contribution >= 4 is 0 Å². The zero-order chi connectivity index (χ0) is 18.6. The Bertz CT molecular complexity index is 782. The average molecular weight is 355 g/mol. The molecule has 1 aromatic heterocycles. The number of para-hydroxylation sites is 1. The number of β-amino-alcohol motifs (C(OH)–C–C–N with tert-alkyl or cyclic N) is 1. The summed E-state index contributed by atoms with van der Waals surface area (Å²) in [4.78, 5) is 2.17. The number of rotatable bonds is 6. The Morgan fingerprint density at radius 3 is 2.92 bits per heavy atom. The Morgan fingerprint density at radius 2 is 2.19 bits per heavy atom. The zero-order valence-corrected chi connectivity index (χ0v) is 15.3. The van der Waals surface area contributed by atoms with E-state index < -0.39 is 5.60 Å². The van der Waals surface area contributed by atoms with Crippen molar-refractivity contribution in [2.24, 2.45) is 0 Å². The molecule has 1 fully saturated rings. The molecule has 0 spiro atoms. The number of likely N-dealkylation sites (tertiary alicyclic amines) is 1. The van der Waals surface area contributed by atoms with Crippen LogP contribution in [0, 0.1) is 11.3 Å². The first-order valence-corrected chi connectivity index (χ1v) is 9.01. The van der Waals surface area contributed by atoms with Crippen LogP contribution in [0.5, 0.6) is 5.75 Å². The van der Waals surface area contributed by atoms with Crippen LogP contribution in [0.4, 0.5) is 0 Å². The van der Waals surface area contributed by atoms with E-state index in [9.17, 15) is 5.11 Å². The highest BCUT2D eigenvalue weighted by molar-refractivity contribution is 5.42. The Morgan fingerprint density at radius 1 is 1.38 bits per heavy atom. The molecular formula is C19H25N5O2. The fraction of sp³-hybridized carbons (Fsp3) is 0.526. The predicted octanol–water partition coefficient (Wildman–Crippen LogP) is 2.09. The molecule has 1 aliphatic rings. The number of nitriles is 1. The molecule has 0 bridgehead atoms. The number of aliphatic hydroxyl groups is 1. The number of hydrogen-bond acceptors (Lipinski definition) is 6. The molecule has 1 aliphatic heterocycles. The Hall–Kier alpha value is -2.43. The average Bonchev–Trinajstić information content (AvgIpc) is 3.14. The lowest BCUT2D eigenvalue weighted by Crippen LogP contribution is -2.47. The first-order chi connectivity index (χ1) is 12.5. The predicted molar refractivity (Wildman–Crippen MR) is 96.6 cm³/mol. The quantitative estimate of drug-likeness (QED) is 0.854. The molecule has 3 rings (SSSR count). The summed E-state index contributed by atoms with van der Waals surface area (Å²) in [5.74, 6) is 0.599. The second-order valence-corrected chi connectivity index (χ2v) is 7.05. The van der Waals surface area contributed by atoms with Gasteiger partial charge in [0.05, 0.1) is 11.8 Å². The van der Waals surface area contributed by atoms with Crippen molar-refractivity contribution < 1.29 is 9.84 Å². The summed E-state index contributed by atoms with van der Waals surface area (Å²) >= 11 is 0. The molecule has 7 heteroatoms. The van der Waals surface area contributed by atoms with E-state index >= 15 is 0 Å². The summed E-state index contributed by atoms with van der Waals surface area (Å²) in [5.41, 5.74) is 0.190. The number of aromatic nitrogens is 3. The third kappa shape index (κ3) is 4.03. The van der Waals surface area contributed by atoms with Gasteiger partial charge in [-0.2, -0.15) is 5.26 Å². The topological polar surface area (TPSA) is 87.2 Å². The number of piperidine rings is 1. The molecule has 7 nitrogen and oxygen atoms in total. The highest BCUT2D eigenvalue weighted by Gasteiger charge is 2.37. The molecule has 2 aromatic rings. The van der Waals surface area contributed by atoms with Crippen LogP contribution in [-0.2, 0) is 5.60 Å². The van der Waals surface area contributed by atoms with Crippen molar-refractivity contribution in [3.63, 3.8) is 0 Å². The number of ether oxygens (including phenoxy) is 1. The molecule has 0 unspecified atom stereocenters. The third-order valence-electron chi connectivity index (χ3n) is 4.74. The normalized spacial score (nSPS) is 20.9. The van der Waals surface area contributed by atoms with Gasteiger partial charge >= 0.3 is 0 Å². The summed E-state index contributed by atoms with van der Waals surface area (Å²) in [6.07, 6.45) is 3.41. The number of benzene rings is 1. The summed E-state index contributed by atoms with van der Waals surface area (Å²) in [7, 11) is 0. The standard InChI is InChI=1S/C19H25N5O2/c1-15(2)24-13-18(21-22-24)19(25)8-5-9-23(14-19)10-11-26-17-7-4-3-6-16(17)12-20/h3-4,6-7,13,15,25H,5,8-11,14H2,1-2H3/t19-/m1/s1. The van der Waals surface area contributed by atoms with Gasteiger partial charge in [-0.1, -0.05) is 17.3 Å². The molecule has 0 aliphatic carbocycles. The van der Waals surface area contributed by atoms with E-state index in [0.717, 1.165) is 13.0 Å². The van der Waals surface area contributed by atoms with E-state index in [1.165, 1.54) is 0 Å². The van der Waals surface area contributed by atoms with E-state index in [4.69, 9.17) is 10.00 Å². The summed E-state index contributed by atoms with van der Waals surface area (Å²) in [6.45, 7) is 6.63. The molecule has 138 valence electrons. The van der Waals surface area contributed by atoms with Gasteiger partial charge < -0.3 is 9.84 Å². The van der Waals surface area contributed by atoms with Gasteiger partial charge in [0.2, 0.25) is 0 Å². The maximum Gasteiger partial charge on any atom is 0.137 e. The van der Waals surface area contributed by atoms with Crippen LogP contribution in [0.15, 0.2) is 30.5 Å². The van der Waals surface area contributed by atoms with Crippen molar-refractivity contribution in [3.8, 4) is 11.8 Å². The van der Waals surface area contributed by atoms with E-state index in [1.807, 2.05) is 32.2 Å². The maximum absolute atomic E-state index is 11.1. The maximum atomic E-state index is 11.1. The first kappa shape index (κ1) is 18.4. The molecule has 1 atom stereocenters. The number of hydrogen-bond donors (Lipinski definition) is 1. The Kier molecular flexibility index (Phi) is 5.55. The fourth-order valence-electron chi connectivity index (χ4n) is 3.23. The molecule has 1 aromatic carbocycles. The minimum absolute atomic E-state index is 0.216. The lowest BCUT2D eigenvalue weighted by Gasteiger charge is -2.37. The molecule has 0 saturated carbocycles. The lowest BCUT2D eigenvalue weighted by molar-refractivity contribution is -0.0413. The Balaban J connectivity index is 1.59. The van der Waals surface area contributed by atoms with Crippen LogP contribution in [0.2, 0.25) is 0 Å². The van der Waals surface area contributed by atoms with Crippen LogP contribution in [-0.4, -0.2) is 51.2 Å². The van der Waals surface area contributed by atoms with Gasteiger partial charge in [0.25, 0.3) is 0 Å². The minimum atomic E-state index is -0.976. The summed E-state index contributed by atoms with van der Waals surface area (Å²) in [5, 5.41) is 28.5.